The molecule has 2 amide bonds. The van der Waals surface area contributed by atoms with Crippen molar-refractivity contribution in [3.8, 4) is 11.5 Å². The predicted molar refractivity (Wildman–Crippen MR) is 118 cm³/mol. The molecule has 0 spiro atoms. The molecular formula is C21H22BrN3O6. The second-order valence-corrected chi connectivity index (χ2v) is 6.87. The van der Waals surface area contributed by atoms with Crippen LogP contribution in [0.5, 0.6) is 11.5 Å². The molecule has 0 bridgehead atoms. The number of para-hydroxylation sites is 1. The summed E-state index contributed by atoms with van der Waals surface area (Å²) >= 11 is 3.37. The van der Waals surface area contributed by atoms with Crippen molar-refractivity contribution in [2.45, 2.75) is 13.3 Å². The fraction of sp³-hybridized carbons (Fsp3) is 0.238. The molecule has 164 valence electrons. The highest BCUT2D eigenvalue weighted by atomic mass is 79.9. The third kappa shape index (κ3) is 8.09. The first-order valence-electron chi connectivity index (χ1n) is 9.25. The number of hydrazone groups is 1. The minimum Gasteiger partial charge on any atom is -0.490 e. The number of carbonyl (C=O) groups is 3. The second kappa shape index (κ2) is 12.3. The van der Waals surface area contributed by atoms with Gasteiger partial charge in [-0.3, -0.25) is 9.59 Å². The van der Waals surface area contributed by atoms with Crippen LogP contribution in [0.15, 0.2) is 52.0 Å². The van der Waals surface area contributed by atoms with Crippen molar-refractivity contribution in [1.82, 2.24) is 5.43 Å². The van der Waals surface area contributed by atoms with Crippen molar-refractivity contribution < 1.29 is 28.6 Å². The number of ether oxygens (including phenoxy) is 3. The molecule has 0 aliphatic carbocycles. The Morgan fingerprint density at radius 1 is 1.10 bits per heavy atom. The predicted octanol–water partition coefficient (Wildman–Crippen LogP) is 2.88. The average Bonchev–Trinajstić information content (AvgIpc) is 2.73. The Hall–Kier alpha value is -3.40. The zero-order chi connectivity index (χ0) is 22.6. The number of hydrogen-bond acceptors (Lipinski definition) is 7. The number of amides is 2. The SMILES string of the molecule is CCOc1cc(C=NNC(=O)CC(=O)Nc2ccccc2)cc(Br)c1OCC(=O)OC. The van der Waals surface area contributed by atoms with Crippen LogP contribution in [0.1, 0.15) is 18.9 Å². The number of carbonyl (C=O) groups excluding carboxylic acids is 3. The average molecular weight is 492 g/mol. The van der Waals surface area contributed by atoms with Crippen LogP contribution in [0.4, 0.5) is 5.69 Å². The molecule has 0 heterocycles. The largest absolute Gasteiger partial charge is 0.490 e. The highest BCUT2D eigenvalue weighted by molar-refractivity contribution is 9.10. The maximum Gasteiger partial charge on any atom is 0.343 e. The van der Waals surface area contributed by atoms with Gasteiger partial charge in [0.15, 0.2) is 18.1 Å². The summed E-state index contributed by atoms with van der Waals surface area (Å²) in [6.07, 6.45) is 1.02. The molecule has 0 unspecified atom stereocenters. The first-order chi connectivity index (χ1) is 14.9. The van der Waals surface area contributed by atoms with Gasteiger partial charge in [0.25, 0.3) is 0 Å². The van der Waals surface area contributed by atoms with E-state index in [0.717, 1.165) is 0 Å². The van der Waals surface area contributed by atoms with Crippen molar-refractivity contribution >= 4 is 45.6 Å². The number of halogens is 1. The third-order valence-electron chi connectivity index (χ3n) is 3.68. The molecule has 2 N–H and O–H groups in total. The fourth-order valence-corrected chi connectivity index (χ4v) is 2.92. The lowest BCUT2D eigenvalue weighted by molar-refractivity contribution is -0.143. The lowest BCUT2D eigenvalue weighted by Crippen LogP contribution is -2.24. The number of rotatable bonds is 10. The second-order valence-electron chi connectivity index (χ2n) is 6.01. The summed E-state index contributed by atoms with van der Waals surface area (Å²) in [6, 6.07) is 12.1. The van der Waals surface area contributed by atoms with E-state index >= 15 is 0 Å². The first-order valence-corrected chi connectivity index (χ1v) is 10.0. The molecule has 10 heteroatoms. The minimum absolute atomic E-state index is 0.274. The smallest absolute Gasteiger partial charge is 0.343 e. The molecule has 0 saturated heterocycles. The molecule has 0 aliphatic heterocycles. The van der Waals surface area contributed by atoms with E-state index < -0.39 is 17.8 Å². The van der Waals surface area contributed by atoms with Gasteiger partial charge in [0.05, 0.1) is 24.4 Å². The van der Waals surface area contributed by atoms with Crippen LogP contribution in [0.25, 0.3) is 0 Å². The van der Waals surface area contributed by atoms with Gasteiger partial charge in [-0.25, -0.2) is 10.2 Å². The molecule has 2 aromatic carbocycles. The summed E-state index contributed by atoms with van der Waals surface area (Å²) in [5.41, 5.74) is 3.50. The van der Waals surface area contributed by atoms with E-state index in [1.54, 1.807) is 43.3 Å². The quantitative estimate of drug-likeness (QED) is 0.228. The van der Waals surface area contributed by atoms with Crippen LogP contribution in [-0.4, -0.2) is 44.3 Å². The first kappa shape index (κ1) is 23.9. The Balaban J connectivity index is 1.97. The monoisotopic (exact) mass is 491 g/mol. The number of methoxy groups -OCH3 is 1. The van der Waals surface area contributed by atoms with Crippen LogP contribution >= 0.6 is 15.9 Å². The van der Waals surface area contributed by atoms with E-state index in [0.29, 0.717) is 33.8 Å². The van der Waals surface area contributed by atoms with E-state index in [4.69, 9.17) is 9.47 Å². The van der Waals surface area contributed by atoms with Gasteiger partial charge in [-0.05, 0) is 52.7 Å². The number of nitrogens with one attached hydrogen (secondary N) is 2. The molecular weight excluding hydrogens is 470 g/mol. The topological polar surface area (TPSA) is 115 Å². The van der Waals surface area contributed by atoms with Gasteiger partial charge in [0.2, 0.25) is 11.8 Å². The third-order valence-corrected chi connectivity index (χ3v) is 4.26. The van der Waals surface area contributed by atoms with E-state index in [1.807, 2.05) is 6.07 Å². The molecule has 2 aromatic rings. The molecule has 31 heavy (non-hydrogen) atoms. The van der Waals surface area contributed by atoms with Crippen LogP contribution in [0, 0.1) is 0 Å². The molecule has 0 aromatic heterocycles. The van der Waals surface area contributed by atoms with Crippen molar-refractivity contribution in [2.75, 3.05) is 25.6 Å². The highest BCUT2D eigenvalue weighted by Crippen LogP contribution is 2.36. The summed E-state index contributed by atoms with van der Waals surface area (Å²) < 4.78 is 16.1. The number of anilines is 1. The molecule has 0 radical (unpaired) electrons. The van der Waals surface area contributed by atoms with Crippen LogP contribution in [0.3, 0.4) is 0 Å². The fourth-order valence-electron chi connectivity index (χ4n) is 2.35. The van der Waals surface area contributed by atoms with Crippen molar-refractivity contribution in [2.24, 2.45) is 5.10 Å². The number of esters is 1. The Morgan fingerprint density at radius 2 is 1.84 bits per heavy atom. The van der Waals surface area contributed by atoms with Crippen LogP contribution < -0.4 is 20.2 Å². The molecule has 9 nitrogen and oxygen atoms in total. The zero-order valence-electron chi connectivity index (χ0n) is 17.0. The van der Waals surface area contributed by atoms with Gasteiger partial charge < -0.3 is 19.5 Å². The van der Waals surface area contributed by atoms with E-state index in [2.05, 4.69) is 36.5 Å². The van der Waals surface area contributed by atoms with Gasteiger partial charge in [0.1, 0.15) is 6.42 Å². The maximum absolute atomic E-state index is 11.9. The molecule has 0 saturated carbocycles. The van der Waals surface area contributed by atoms with E-state index in [-0.39, 0.29) is 13.0 Å². The summed E-state index contributed by atoms with van der Waals surface area (Å²) in [4.78, 5) is 35.1. The Bertz CT molecular complexity index is 950. The van der Waals surface area contributed by atoms with Crippen molar-refractivity contribution in [1.29, 1.82) is 0 Å². The standard InChI is InChI=1S/C21H22BrN3O6/c1-3-30-17-10-14(9-16(22)21(17)31-13-20(28)29-2)12-23-25-19(27)11-18(26)24-15-7-5-4-6-8-15/h4-10,12H,3,11,13H2,1-2H3,(H,24,26)(H,25,27). The van der Waals surface area contributed by atoms with Crippen LogP contribution in [0.2, 0.25) is 0 Å². The highest BCUT2D eigenvalue weighted by Gasteiger charge is 2.14. The normalized spacial score (nSPS) is 10.4. The lowest BCUT2D eigenvalue weighted by Gasteiger charge is -2.13. The van der Waals surface area contributed by atoms with Gasteiger partial charge in [0, 0.05) is 5.69 Å². The number of nitrogens with zero attached hydrogens (tertiary/aromatic N) is 1. The lowest BCUT2D eigenvalue weighted by atomic mass is 10.2. The van der Waals surface area contributed by atoms with Gasteiger partial charge in [-0.15, -0.1) is 0 Å². The van der Waals surface area contributed by atoms with Gasteiger partial charge in [-0.2, -0.15) is 5.10 Å². The molecule has 0 aliphatic rings. The Morgan fingerprint density at radius 3 is 2.52 bits per heavy atom. The zero-order valence-corrected chi connectivity index (χ0v) is 18.6. The van der Waals surface area contributed by atoms with E-state index in [1.165, 1.54) is 13.3 Å². The van der Waals surface area contributed by atoms with Gasteiger partial charge in [-0.1, -0.05) is 18.2 Å². The Labute approximate surface area is 187 Å². The summed E-state index contributed by atoms with van der Waals surface area (Å²) in [6.45, 7) is 1.90. The van der Waals surface area contributed by atoms with Crippen molar-refractivity contribution in [3.05, 3.63) is 52.5 Å². The molecule has 0 fully saturated rings. The van der Waals surface area contributed by atoms with Gasteiger partial charge >= 0.3 is 5.97 Å². The van der Waals surface area contributed by atoms with Crippen LogP contribution in [-0.2, 0) is 19.1 Å². The molecule has 0 atom stereocenters. The number of hydrogen-bond donors (Lipinski definition) is 2. The van der Waals surface area contributed by atoms with E-state index in [9.17, 15) is 14.4 Å². The molecule has 2 rings (SSSR count). The summed E-state index contributed by atoms with van der Waals surface area (Å²) in [5.74, 6) is -0.819. The van der Waals surface area contributed by atoms with Crippen molar-refractivity contribution in [3.63, 3.8) is 0 Å². The Kier molecular flexibility index (Phi) is 9.50. The minimum atomic E-state index is -0.563. The number of benzene rings is 2. The summed E-state index contributed by atoms with van der Waals surface area (Å²) in [5, 5.41) is 6.48. The maximum atomic E-state index is 11.9. The summed E-state index contributed by atoms with van der Waals surface area (Å²) in [7, 11) is 1.27.